The van der Waals surface area contributed by atoms with Gasteiger partial charge >= 0.3 is 6.09 Å². The molecule has 2 saturated heterocycles. The fourth-order valence-electron chi connectivity index (χ4n) is 18.3. The van der Waals surface area contributed by atoms with Crippen molar-refractivity contribution in [2.45, 2.75) is 244 Å². The van der Waals surface area contributed by atoms with Crippen LogP contribution in [0.5, 0.6) is 0 Å². The van der Waals surface area contributed by atoms with E-state index in [4.69, 9.17) is 23.7 Å². The Morgan fingerprint density at radius 1 is 0.540 bits per heavy atom. The second-order valence-electron chi connectivity index (χ2n) is 34.9. The Hall–Kier alpha value is -7.53. The van der Waals surface area contributed by atoms with Gasteiger partial charge in [0, 0.05) is 153 Å². The summed E-state index contributed by atoms with van der Waals surface area (Å²) in [5.41, 5.74) is 4.71. The highest BCUT2D eigenvalue weighted by Gasteiger charge is 2.48. The number of nitrogens with one attached hydrogen (secondary N) is 1. The number of ketones is 4. The maximum absolute atomic E-state index is 14.7. The Morgan fingerprint density at radius 3 is 1.28 bits per heavy atom. The number of methoxy groups -OCH3 is 4. The molecule has 4 aromatic carbocycles. The minimum Gasteiger partial charge on any atom is -0.448 e. The van der Waals surface area contributed by atoms with Crippen LogP contribution in [0.4, 0.5) is 4.79 Å². The predicted octanol–water partition coefficient (Wildman–Crippen LogP) is 16.9. The molecule has 0 spiro atoms. The molecule has 0 radical (unpaired) electrons. The van der Waals surface area contributed by atoms with Gasteiger partial charge in [0.1, 0.15) is 18.2 Å². The van der Waals surface area contributed by atoms with Crippen LogP contribution in [0.1, 0.15) is 204 Å². The number of Topliss-reactive ketones (excluding diaryl/α,β-unsaturated/α-hetero) is 4. The summed E-state index contributed by atoms with van der Waals surface area (Å²) in [5, 5.41) is 8.82. The molecular formula is C98H142N8O14S4. The quantitative estimate of drug-likeness (QED) is 0.0372. The van der Waals surface area contributed by atoms with Gasteiger partial charge in [0.25, 0.3) is 0 Å². The highest BCUT2D eigenvalue weighted by Crippen LogP contribution is 2.45. The Bertz CT molecular complexity index is 4300. The SMILES string of the molecule is C.CC[C@H](C)[C@@H]([C@@H](CC(=O)N1CCC[C@H]1[C@H](OC)[C@@H](C)C(=O)C[C@@H](Cc1ccccc1)c1nccs1)OC)N(C)C(=O)[C@H](CSC)CC(=O)C(C)(C)N(C)C(=O)OCC1c2ccccc2-c2ccccc21.CC[C@H](C)[C@@H]([C@@H](CC(=O)N1CCC[C@H]1[C@H](OC)[C@@H](C)C(=O)C[C@@H](Cc1ccccc1)c1nccs1)OC)N(C)C(=O)[C@H](CSC)CC(=O)C(C)(C)NC. The molecule has 1 aliphatic carbocycles. The zero-order chi connectivity index (χ0) is 90.0. The molecule has 4 heterocycles. The molecule has 1 N–H and O–H groups in total. The van der Waals surface area contributed by atoms with E-state index in [1.165, 1.54) is 16.7 Å². The summed E-state index contributed by atoms with van der Waals surface area (Å²) >= 11 is 6.15. The average molecular weight is 1780 g/mol. The summed E-state index contributed by atoms with van der Waals surface area (Å²) in [7, 11) is 13.3. The fraction of sp³-hybridized carbons (Fsp3) is 0.602. The van der Waals surface area contributed by atoms with Crippen LogP contribution in [-0.2, 0) is 74.9 Å². The van der Waals surface area contributed by atoms with Crippen LogP contribution in [0.25, 0.3) is 11.1 Å². The lowest BCUT2D eigenvalue weighted by molar-refractivity contribution is -0.148. The standard InChI is InChI=1S/C56H74N4O8S2.C41H64N4O6S2.CH4/c1-11-36(2)51(48(66-8)33-50(63)60-28-19-26-46(60)52(67-9)37(3)47(61)31-39(53-57-27-29-70-53)30-38-20-13-12-14-21-38)58(6)54(64)40(35-69-10)32-49(62)56(4,5)59(7)55(65)68-34-45-43-24-17-15-22-41(43)42-23-16-18-25-44(42)45;1-11-27(2)37(44(7)40(49)31(26-52-10)24-35(47)41(4,5)42-6)34(50-8)25-36(48)45-20-15-18-32(45)38(51-9)28(3)33(46)23-30(39-43-19-21-53-39)22-29-16-13-12-14-17-29;/h12-18,20-25,27,29,36-37,39-40,45-46,48,51-52H,11,19,26,28,30-35H2,1-10H3;12-14,16-17,19,21,27-28,30-32,34,37-38,42H,11,15,18,20,22-26H2,1-10H3;1H4/t36-,37-,39+,40-,46-,48+,51-,52+;27-,28-,30+,31-,32-,34+,37-,38+;/m00./s1. The molecule has 2 aliphatic heterocycles. The van der Waals surface area contributed by atoms with Crippen molar-refractivity contribution in [2.75, 3.05) is 100 Å². The molecule has 3 aliphatic rings. The molecule has 26 heteroatoms. The van der Waals surface area contributed by atoms with Gasteiger partial charge in [0.05, 0.1) is 94.4 Å². The molecule has 0 saturated carbocycles. The van der Waals surface area contributed by atoms with E-state index in [9.17, 15) is 43.2 Å². The Labute approximate surface area is 756 Å². The zero-order valence-electron chi connectivity index (χ0n) is 76.4. The van der Waals surface area contributed by atoms with E-state index >= 15 is 0 Å². The molecule has 124 heavy (non-hydrogen) atoms. The number of hydrogen-bond acceptors (Lipinski definition) is 21. The normalized spacial score (nSPS) is 18.0. The van der Waals surface area contributed by atoms with E-state index in [-0.39, 0.29) is 134 Å². The summed E-state index contributed by atoms with van der Waals surface area (Å²) in [4.78, 5) is 145. The number of hydrogen-bond donors (Lipinski definition) is 1. The third-order valence-electron chi connectivity index (χ3n) is 26.6. The number of carbonyl (C=O) groups is 9. The number of amides is 5. The number of fused-ring (bicyclic) bond motifs is 3. The van der Waals surface area contributed by atoms with Gasteiger partial charge in [-0.3, -0.25) is 43.3 Å². The second-order valence-corrected chi connectivity index (χ2v) is 38.6. The van der Waals surface area contributed by atoms with Crippen LogP contribution < -0.4 is 5.32 Å². The number of rotatable bonds is 48. The summed E-state index contributed by atoms with van der Waals surface area (Å²) in [5.74, 6) is -2.16. The fourth-order valence-corrected chi connectivity index (χ4v) is 21.1. The summed E-state index contributed by atoms with van der Waals surface area (Å²) in [6.45, 7) is 20.3. The van der Waals surface area contributed by atoms with E-state index < -0.39 is 71.3 Å². The topological polar surface area (TPSA) is 254 Å². The molecule has 2 fully saturated rings. The number of carbonyl (C=O) groups excluding carboxylic acids is 9. The molecule has 5 amide bonds. The first-order valence-corrected chi connectivity index (χ1v) is 48.3. The first kappa shape index (κ1) is 104. The third kappa shape index (κ3) is 26.4. The number of ether oxygens (including phenoxy) is 5. The summed E-state index contributed by atoms with van der Waals surface area (Å²) in [6.07, 6.45) is 11.3. The van der Waals surface area contributed by atoms with Crippen molar-refractivity contribution in [1.29, 1.82) is 0 Å². The van der Waals surface area contributed by atoms with Crippen molar-refractivity contribution in [1.82, 2.24) is 39.8 Å². The van der Waals surface area contributed by atoms with Crippen LogP contribution in [0.15, 0.2) is 132 Å². The number of likely N-dealkylation sites (tertiary alicyclic amines) is 2. The van der Waals surface area contributed by atoms with Crippen molar-refractivity contribution < 1.29 is 66.8 Å². The minimum absolute atomic E-state index is 0. The number of nitrogens with zero attached hydrogens (tertiary/aromatic N) is 7. The van der Waals surface area contributed by atoms with Crippen molar-refractivity contribution in [3.63, 3.8) is 0 Å². The van der Waals surface area contributed by atoms with Gasteiger partial charge in [0.2, 0.25) is 23.6 Å². The number of benzene rings is 4. The molecular weight excluding hydrogens is 1640 g/mol. The molecule has 2 aromatic heterocycles. The van der Waals surface area contributed by atoms with Crippen molar-refractivity contribution in [2.24, 2.45) is 35.5 Å². The molecule has 9 rings (SSSR count). The lowest BCUT2D eigenvalue weighted by atomic mass is 9.85. The number of thioether (sulfide) groups is 2. The van der Waals surface area contributed by atoms with Gasteiger partial charge in [-0.15, -0.1) is 22.7 Å². The molecule has 16 atom stereocenters. The molecule has 0 bridgehead atoms. The Kier molecular flexibility index (Phi) is 41.5. The molecule has 22 nitrogen and oxygen atoms in total. The average Bonchev–Trinajstić information content (AvgIpc) is 1.59. The van der Waals surface area contributed by atoms with E-state index in [0.717, 1.165) is 69.1 Å². The van der Waals surface area contributed by atoms with E-state index in [0.29, 0.717) is 63.1 Å². The first-order valence-electron chi connectivity index (χ1n) is 43.8. The van der Waals surface area contributed by atoms with Crippen LogP contribution in [0, 0.1) is 35.5 Å². The van der Waals surface area contributed by atoms with Crippen LogP contribution in [0.3, 0.4) is 0 Å². The van der Waals surface area contributed by atoms with E-state index in [2.05, 4.69) is 84.6 Å². The largest absolute Gasteiger partial charge is 0.448 e. The number of likely N-dealkylation sites (N-methyl/N-ethyl adjacent to an activating group) is 4. The predicted molar refractivity (Wildman–Crippen MR) is 501 cm³/mol. The van der Waals surface area contributed by atoms with Crippen molar-refractivity contribution in [3.05, 3.63) is 165 Å². The third-order valence-corrected chi connectivity index (χ3v) is 30.0. The lowest BCUT2D eigenvalue weighted by Gasteiger charge is -2.40. The minimum atomic E-state index is -1.28. The van der Waals surface area contributed by atoms with E-state index in [1.54, 1.807) is 127 Å². The lowest BCUT2D eigenvalue weighted by Crippen LogP contribution is -2.55. The van der Waals surface area contributed by atoms with Gasteiger partial charge in [0.15, 0.2) is 11.6 Å². The van der Waals surface area contributed by atoms with Gasteiger partial charge in [-0.1, -0.05) is 171 Å². The highest BCUT2D eigenvalue weighted by molar-refractivity contribution is 7.98. The molecule has 682 valence electrons. The Balaban J connectivity index is 0.000000352. The van der Waals surface area contributed by atoms with Crippen molar-refractivity contribution in [3.8, 4) is 11.1 Å². The number of thiazole rings is 2. The number of aromatic nitrogens is 2. The maximum Gasteiger partial charge on any atom is 0.410 e. The van der Waals surface area contributed by atoms with Crippen molar-refractivity contribution >= 4 is 99.1 Å². The van der Waals surface area contributed by atoms with Gasteiger partial charge in [-0.25, -0.2) is 14.8 Å². The van der Waals surface area contributed by atoms with Crippen LogP contribution >= 0.6 is 46.2 Å². The highest BCUT2D eigenvalue weighted by atomic mass is 32.2. The first-order chi connectivity index (χ1) is 58.8. The van der Waals surface area contributed by atoms with Crippen LogP contribution in [-0.4, -0.2) is 247 Å². The maximum atomic E-state index is 14.7. The zero-order valence-corrected chi connectivity index (χ0v) is 79.7. The van der Waals surface area contributed by atoms with Gasteiger partial charge in [-0.2, -0.15) is 23.5 Å². The second kappa shape index (κ2) is 49.7. The summed E-state index contributed by atoms with van der Waals surface area (Å²) in [6, 6.07) is 35.1. The van der Waals surface area contributed by atoms with Crippen LogP contribution in [0.2, 0.25) is 0 Å². The van der Waals surface area contributed by atoms with E-state index in [1.807, 2.05) is 128 Å². The molecule has 0 unspecified atom stereocenters. The van der Waals surface area contributed by atoms with Gasteiger partial charge < -0.3 is 48.6 Å². The van der Waals surface area contributed by atoms with Gasteiger partial charge in [-0.05, 0) is 131 Å². The summed E-state index contributed by atoms with van der Waals surface area (Å²) < 4.78 is 30.3. The monoisotopic (exact) mass is 1780 g/mol. The smallest absolute Gasteiger partial charge is 0.410 e. The Morgan fingerprint density at radius 2 is 0.927 bits per heavy atom. The molecule has 6 aromatic rings.